The Labute approximate surface area is 264 Å². The van der Waals surface area contributed by atoms with Crippen LogP contribution in [0.2, 0.25) is 0 Å². The van der Waals surface area contributed by atoms with E-state index in [2.05, 4.69) is 149 Å². The first-order chi connectivity index (χ1) is 21.6. The van der Waals surface area contributed by atoms with Crippen molar-refractivity contribution in [2.45, 2.75) is 52.4 Å². The van der Waals surface area contributed by atoms with Crippen molar-refractivity contribution in [3.05, 3.63) is 121 Å². The summed E-state index contributed by atoms with van der Waals surface area (Å²) in [6, 6.07) is 34.8. The summed E-state index contributed by atoms with van der Waals surface area (Å²) in [5.74, 6) is 1.26. The Hall–Kier alpha value is -4.96. The monoisotopic (exact) mass is 584 g/mol. The second kappa shape index (κ2) is 9.52. The fourth-order valence-electron chi connectivity index (χ4n) is 7.54. The minimum atomic E-state index is 0.0468. The fraction of sp³-hybridized carbons (Fsp3) is 0.220. The second-order valence-electron chi connectivity index (χ2n) is 14.1. The van der Waals surface area contributed by atoms with Gasteiger partial charge in [-0.05, 0) is 84.0 Å². The number of hydrogen-bond donors (Lipinski definition) is 0. The minimum Gasteiger partial charge on any atom is -0.255 e. The van der Waals surface area contributed by atoms with E-state index < -0.39 is 0 Å². The van der Waals surface area contributed by atoms with Gasteiger partial charge in [0.1, 0.15) is 6.33 Å². The maximum absolute atomic E-state index is 4.90. The van der Waals surface area contributed by atoms with Crippen LogP contribution in [0.3, 0.4) is 0 Å². The average Bonchev–Trinajstić information content (AvgIpc) is 3.18. The number of rotatable bonds is 3. The molecule has 0 fully saturated rings. The molecule has 7 aromatic rings. The maximum atomic E-state index is 4.90. The second-order valence-corrected chi connectivity index (χ2v) is 14.1. The quantitative estimate of drug-likeness (QED) is 0.194. The van der Waals surface area contributed by atoms with Gasteiger partial charge in [0.2, 0.25) is 0 Å². The molecule has 0 radical (unpaired) electrons. The molecule has 0 saturated carbocycles. The van der Waals surface area contributed by atoms with Crippen LogP contribution in [0.1, 0.15) is 52.7 Å². The summed E-state index contributed by atoms with van der Waals surface area (Å²) < 4.78 is 0. The Bertz CT molecular complexity index is 2260. The van der Waals surface area contributed by atoms with Crippen molar-refractivity contribution in [2.75, 3.05) is 0 Å². The molecule has 8 rings (SSSR count). The van der Waals surface area contributed by atoms with Gasteiger partial charge < -0.3 is 0 Å². The van der Waals surface area contributed by atoms with E-state index in [-0.39, 0.29) is 16.2 Å². The summed E-state index contributed by atoms with van der Waals surface area (Å²) in [5.41, 5.74) is 7.02. The van der Waals surface area contributed by atoms with Crippen molar-refractivity contribution in [2.24, 2.45) is 5.41 Å². The van der Waals surface area contributed by atoms with E-state index in [1.807, 2.05) is 6.20 Å². The largest absolute Gasteiger partial charge is 0.255 e. The van der Waals surface area contributed by atoms with Crippen LogP contribution in [0.15, 0.2) is 110 Å². The topological polar surface area (TPSA) is 51.6 Å². The molecule has 0 N–H and O–H groups in total. The molecule has 2 aromatic heterocycles. The molecule has 4 nitrogen and oxygen atoms in total. The lowest BCUT2D eigenvalue weighted by Gasteiger charge is -2.44. The van der Waals surface area contributed by atoms with E-state index >= 15 is 0 Å². The molecule has 2 heterocycles. The Morgan fingerprint density at radius 3 is 1.60 bits per heavy atom. The van der Waals surface area contributed by atoms with Gasteiger partial charge >= 0.3 is 0 Å². The summed E-state index contributed by atoms with van der Waals surface area (Å²) >= 11 is 0. The average molecular weight is 585 g/mol. The molecule has 0 amide bonds. The van der Waals surface area contributed by atoms with Gasteiger partial charge in [0.05, 0.1) is 5.69 Å². The molecule has 0 aliphatic heterocycles. The molecule has 220 valence electrons. The Balaban J connectivity index is 1.16. The van der Waals surface area contributed by atoms with Crippen LogP contribution >= 0.6 is 0 Å². The normalized spacial score (nSPS) is 16.3. The third kappa shape index (κ3) is 3.91. The van der Waals surface area contributed by atoms with E-state index in [9.17, 15) is 0 Å². The van der Waals surface area contributed by atoms with E-state index in [4.69, 9.17) is 9.97 Å². The van der Waals surface area contributed by atoms with Gasteiger partial charge in [-0.15, -0.1) is 0 Å². The van der Waals surface area contributed by atoms with Gasteiger partial charge in [0.15, 0.2) is 11.6 Å². The zero-order chi connectivity index (χ0) is 31.1. The van der Waals surface area contributed by atoms with Crippen molar-refractivity contribution < 1.29 is 0 Å². The fourth-order valence-corrected chi connectivity index (χ4v) is 7.54. The lowest BCUT2D eigenvalue weighted by atomic mass is 9.59. The van der Waals surface area contributed by atoms with Gasteiger partial charge in [-0.2, -0.15) is 0 Å². The molecular weight excluding hydrogens is 548 g/mol. The van der Waals surface area contributed by atoms with Crippen LogP contribution in [0.25, 0.3) is 66.4 Å². The van der Waals surface area contributed by atoms with E-state index in [1.165, 1.54) is 43.4 Å². The van der Waals surface area contributed by atoms with Crippen LogP contribution in [-0.4, -0.2) is 19.9 Å². The highest BCUT2D eigenvalue weighted by Gasteiger charge is 2.56. The molecule has 0 spiro atoms. The van der Waals surface area contributed by atoms with Crippen LogP contribution in [0.5, 0.6) is 0 Å². The first-order valence-electron chi connectivity index (χ1n) is 15.7. The lowest BCUT2D eigenvalue weighted by Crippen LogP contribution is -2.42. The predicted molar refractivity (Wildman–Crippen MR) is 186 cm³/mol. The highest BCUT2D eigenvalue weighted by molar-refractivity contribution is 6.25. The molecule has 4 heteroatoms. The summed E-state index contributed by atoms with van der Waals surface area (Å²) in [6.45, 7) is 14.3. The van der Waals surface area contributed by atoms with E-state index in [0.717, 1.165) is 22.4 Å². The molecule has 45 heavy (non-hydrogen) atoms. The maximum Gasteiger partial charge on any atom is 0.164 e. The van der Waals surface area contributed by atoms with Crippen molar-refractivity contribution >= 4 is 32.3 Å². The summed E-state index contributed by atoms with van der Waals surface area (Å²) in [4.78, 5) is 18.9. The highest BCUT2D eigenvalue weighted by Crippen LogP contribution is 2.61. The molecular formula is C41H36N4. The molecule has 5 aromatic carbocycles. The van der Waals surface area contributed by atoms with Crippen LogP contribution in [-0.2, 0) is 10.8 Å². The smallest absolute Gasteiger partial charge is 0.164 e. The minimum absolute atomic E-state index is 0.0468. The number of pyridine rings is 1. The zero-order valence-corrected chi connectivity index (χ0v) is 26.7. The molecule has 0 bridgehead atoms. The molecule has 0 unspecified atom stereocenters. The number of nitrogens with zero attached hydrogens (tertiary/aromatic N) is 4. The van der Waals surface area contributed by atoms with Crippen molar-refractivity contribution in [1.82, 2.24) is 19.9 Å². The van der Waals surface area contributed by atoms with Gasteiger partial charge in [0, 0.05) is 22.9 Å². The van der Waals surface area contributed by atoms with E-state index in [0.29, 0.717) is 11.6 Å². The first-order valence-corrected chi connectivity index (χ1v) is 15.7. The van der Waals surface area contributed by atoms with Crippen molar-refractivity contribution in [3.63, 3.8) is 0 Å². The Kier molecular flexibility index (Phi) is 5.83. The molecule has 0 saturated heterocycles. The summed E-state index contributed by atoms with van der Waals surface area (Å²) in [6.07, 6.45) is 3.47. The molecule has 1 aliphatic rings. The van der Waals surface area contributed by atoms with Crippen LogP contribution < -0.4 is 0 Å². The Morgan fingerprint density at radius 2 is 0.978 bits per heavy atom. The van der Waals surface area contributed by atoms with Crippen LogP contribution in [0, 0.1) is 5.41 Å². The SMILES string of the molecule is CC1(C)c2ccc(-c3ccc(-c4ncnc(-c5ccc6c7ccccc7c7ccccc7c6c5)n4)cn3)cc2C(C)(C)C1(C)C. The summed E-state index contributed by atoms with van der Waals surface area (Å²) in [7, 11) is 0. The number of hydrogen-bond acceptors (Lipinski definition) is 4. The highest BCUT2D eigenvalue weighted by atomic mass is 15.0. The third-order valence-electron chi connectivity index (χ3n) is 11.4. The predicted octanol–water partition coefficient (Wildman–Crippen LogP) is 10.3. The lowest BCUT2D eigenvalue weighted by molar-refractivity contribution is 0.125. The Morgan fingerprint density at radius 1 is 0.444 bits per heavy atom. The zero-order valence-electron chi connectivity index (χ0n) is 26.7. The van der Waals surface area contributed by atoms with Crippen LogP contribution in [0.4, 0.5) is 0 Å². The van der Waals surface area contributed by atoms with Gasteiger partial charge in [-0.3, -0.25) is 4.98 Å². The molecule has 1 aliphatic carbocycles. The number of benzene rings is 5. The van der Waals surface area contributed by atoms with Crippen molar-refractivity contribution in [3.8, 4) is 34.0 Å². The van der Waals surface area contributed by atoms with E-state index in [1.54, 1.807) is 6.33 Å². The van der Waals surface area contributed by atoms with Gasteiger partial charge in [0.25, 0.3) is 0 Å². The van der Waals surface area contributed by atoms with Crippen molar-refractivity contribution in [1.29, 1.82) is 0 Å². The summed E-state index contributed by atoms with van der Waals surface area (Å²) in [5, 5.41) is 7.41. The first kappa shape index (κ1) is 27.6. The standard InChI is InChI=1S/C41H36N4/c1-39(2)34-19-16-25(22-35(34)40(3,4)41(39,5)6)36-20-17-27(23-42-36)38-44-24-43-37(45-38)26-15-18-32-30-13-8-7-11-28(30)29-12-9-10-14-31(29)33(32)21-26/h7-24H,1-6H3. The van der Waals surface area contributed by atoms with Gasteiger partial charge in [-0.25, -0.2) is 15.0 Å². The van der Waals surface area contributed by atoms with Gasteiger partial charge in [-0.1, -0.05) is 114 Å². The molecule has 0 atom stereocenters. The third-order valence-corrected chi connectivity index (χ3v) is 11.4. The number of aromatic nitrogens is 4. The number of fused-ring (bicyclic) bond motifs is 7.